The maximum Gasteiger partial charge on any atom is 0.185 e. The molecule has 0 heterocycles. The minimum atomic E-state index is -0.0952. The predicted octanol–water partition coefficient (Wildman–Crippen LogP) is 7.44. The fourth-order valence-electron chi connectivity index (χ4n) is 2.02. The summed E-state index contributed by atoms with van der Waals surface area (Å²) in [7, 11) is 0. The molecule has 0 unspecified atom stereocenters. The summed E-state index contributed by atoms with van der Waals surface area (Å²) in [5.74, 6) is 0.999. The molecule has 0 spiro atoms. The Labute approximate surface area is 162 Å². The molecule has 0 aliphatic carbocycles. The highest BCUT2D eigenvalue weighted by Crippen LogP contribution is 2.30. The molecule has 5 heteroatoms. The third kappa shape index (κ3) is 5.56. The lowest BCUT2D eigenvalue weighted by atomic mass is 10.1. The van der Waals surface area contributed by atoms with Gasteiger partial charge in [0, 0.05) is 21.0 Å². The van der Waals surface area contributed by atoms with Crippen LogP contribution in [0.3, 0.4) is 0 Å². The van der Waals surface area contributed by atoms with Crippen molar-refractivity contribution in [2.75, 3.05) is 5.75 Å². The number of rotatable bonds is 7. The molecule has 24 heavy (non-hydrogen) atoms. The van der Waals surface area contributed by atoms with Gasteiger partial charge in [-0.1, -0.05) is 48.1 Å². The van der Waals surface area contributed by atoms with Crippen LogP contribution in [-0.2, 0) is 0 Å². The zero-order chi connectivity index (χ0) is 17.5. The number of hydrogen-bond donors (Lipinski definition) is 0. The number of thioether (sulfide) groups is 1. The van der Waals surface area contributed by atoms with E-state index in [1.54, 1.807) is 30.0 Å². The quantitative estimate of drug-likeness (QED) is 0.208. The first-order chi connectivity index (χ1) is 11.5. The fraction of sp³-hybridized carbons (Fsp3) is 0.211. The van der Waals surface area contributed by atoms with E-state index in [9.17, 15) is 4.79 Å². The number of ketones is 1. The summed E-state index contributed by atoms with van der Waals surface area (Å²) in [5.41, 5.74) is 1.22. The summed E-state index contributed by atoms with van der Waals surface area (Å²) < 4.78 is 0. The van der Waals surface area contributed by atoms with Gasteiger partial charge in [0.05, 0.1) is 10.0 Å². The standard InChI is InChI=1S/C19H17Cl3OS/c1-2-3-10-24-15-6-4-13(5-7-15)19(23)9-8-16-17(21)11-14(20)12-18(16)22/h4-9,11-12H,2-3,10H2,1H3. The highest BCUT2D eigenvalue weighted by atomic mass is 35.5. The van der Waals surface area contributed by atoms with Gasteiger partial charge in [-0.2, -0.15) is 0 Å². The SMILES string of the molecule is CCCCSc1ccc(C(=O)C=Cc2c(Cl)cc(Cl)cc2Cl)cc1. The van der Waals surface area contributed by atoms with Crippen LogP contribution in [0.1, 0.15) is 35.7 Å². The normalized spacial score (nSPS) is 11.2. The molecule has 0 fully saturated rings. The zero-order valence-electron chi connectivity index (χ0n) is 13.2. The lowest BCUT2D eigenvalue weighted by molar-refractivity contribution is 0.104. The molecule has 0 radical (unpaired) electrons. The van der Waals surface area contributed by atoms with E-state index in [2.05, 4.69) is 6.92 Å². The molecule has 0 saturated carbocycles. The number of halogens is 3. The molecule has 0 amide bonds. The summed E-state index contributed by atoms with van der Waals surface area (Å²) in [6.45, 7) is 2.17. The fourth-order valence-corrected chi connectivity index (χ4v) is 3.96. The first kappa shape index (κ1) is 19.4. The molecule has 2 aromatic carbocycles. The Bertz CT molecular complexity index is 716. The third-order valence-corrected chi connectivity index (χ3v) is 5.29. The Hall–Kier alpha value is -0.930. The van der Waals surface area contributed by atoms with E-state index in [1.165, 1.54) is 23.8 Å². The molecule has 0 saturated heterocycles. The van der Waals surface area contributed by atoms with E-state index in [4.69, 9.17) is 34.8 Å². The first-order valence-electron chi connectivity index (χ1n) is 7.61. The number of hydrogen-bond acceptors (Lipinski definition) is 2. The minimum Gasteiger partial charge on any atom is -0.289 e. The van der Waals surface area contributed by atoms with Crippen molar-refractivity contribution in [2.45, 2.75) is 24.7 Å². The highest BCUT2D eigenvalue weighted by molar-refractivity contribution is 7.99. The molecule has 1 nitrogen and oxygen atoms in total. The van der Waals surface area contributed by atoms with Gasteiger partial charge < -0.3 is 0 Å². The van der Waals surface area contributed by atoms with Gasteiger partial charge in [0.25, 0.3) is 0 Å². The number of benzene rings is 2. The van der Waals surface area contributed by atoms with E-state index in [1.807, 2.05) is 24.3 Å². The second-order valence-electron chi connectivity index (χ2n) is 5.21. The molecule has 0 N–H and O–H groups in total. The van der Waals surface area contributed by atoms with Crippen molar-refractivity contribution in [1.82, 2.24) is 0 Å². The van der Waals surface area contributed by atoms with Gasteiger partial charge in [-0.25, -0.2) is 0 Å². The molecule has 2 rings (SSSR count). The van der Waals surface area contributed by atoms with Crippen LogP contribution in [0, 0.1) is 0 Å². The molecule has 0 atom stereocenters. The van der Waals surface area contributed by atoms with Crippen molar-refractivity contribution in [3.8, 4) is 0 Å². The number of carbonyl (C=O) groups excluding carboxylic acids is 1. The summed E-state index contributed by atoms with van der Waals surface area (Å²) in [4.78, 5) is 13.4. The maximum absolute atomic E-state index is 12.3. The van der Waals surface area contributed by atoms with Crippen LogP contribution in [0.2, 0.25) is 15.1 Å². The van der Waals surface area contributed by atoms with Gasteiger partial charge in [-0.3, -0.25) is 4.79 Å². The number of carbonyl (C=O) groups is 1. The molecular weight excluding hydrogens is 383 g/mol. The zero-order valence-corrected chi connectivity index (χ0v) is 16.3. The van der Waals surface area contributed by atoms with Gasteiger partial charge in [0.1, 0.15) is 0 Å². The van der Waals surface area contributed by atoms with Crippen LogP contribution < -0.4 is 0 Å². The lowest BCUT2D eigenvalue weighted by Crippen LogP contribution is -1.94. The van der Waals surface area contributed by atoms with Gasteiger partial charge in [0.15, 0.2) is 5.78 Å². The summed E-state index contributed by atoms with van der Waals surface area (Å²) in [5, 5.41) is 1.29. The Balaban J connectivity index is 2.07. The van der Waals surface area contributed by atoms with E-state index >= 15 is 0 Å². The lowest BCUT2D eigenvalue weighted by Gasteiger charge is -2.03. The second kappa shape index (κ2) is 9.53. The second-order valence-corrected chi connectivity index (χ2v) is 7.63. The smallest absolute Gasteiger partial charge is 0.185 e. The van der Waals surface area contributed by atoms with Crippen LogP contribution in [-0.4, -0.2) is 11.5 Å². The topological polar surface area (TPSA) is 17.1 Å². The van der Waals surface area contributed by atoms with Crippen molar-refractivity contribution in [1.29, 1.82) is 0 Å². The summed E-state index contributed by atoms with van der Waals surface area (Å²) in [6.07, 6.45) is 5.47. The van der Waals surface area contributed by atoms with Crippen molar-refractivity contribution in [3.05, 3.63) is 68.7 Å². The minimum absolute atomic E-state index is 0.0952. The van der Waals surface area contributed by atoms with Crippen LogP contribution >= 0.6 is 46.6 Å². The first-order valence-corrected chi connectivity index (χ1v) is 9.73. The van der Waals surface area contributed by atoms with E-state index in [0.29, 0.717) is 26.2 Å². The molecule has 0 bridgehead atoms. The van der Waals surface area contributed by atoms with Gasteiger partial charge in [-0.15, -0.1) is 11.8 Å². The van der Waals surface area contributed by atoms with Gasteiger partial charge in [-0.05, 0) is 60.7 Å². The van der Waals surface area contributed by atoms with Gasteiger partial charge in [0.2, 0.25) is 0 Å². The molecule has 2 aromatic rings. The highest BCUT2D eigenvalue weighted by Gasteiger charge is 2.07. The molecule has 0 aliphatic rings. The Kier molecular flexibility index (Phi) is 7.70. The Morgan fingerprint density at radius 1 is 1.08 bits per heavy atom. The van der Waals surface area contributed by atoms with Crippen molar-refractivity contribution in [2.24, 2.45) is 0 Å². The van der Waals surface area contributed by atoms with Crippen LogP contribution in [0.25, 0.3) is 6.08 Å². The monoisotopic (exact) mass is 398 g/mol. The Morgan fingerprint density at radius 2 is 1.71 bits per heavy atom. The van der Waals surface area contributed by atoms with E-state index in [-0.39, 0.29) is 5.78 Å². The van der Waals surface area contributed by atoms with Crippen LogP contribution in [0.4, 0.5) is 0 Å². The van der Waals surface area contributed by atoms with E-state index in [0.717, 1.165) is 5.75 Å². The van der Waals surface area contributed by atoms with Crippen LogP contribution in [0.5, 0.6) is 0 Å². The molecule has 0 aliphatic heterocycles. The molecular formula is C19H17Cl3OS. The average Bonchev–Trinajstić information content (AvgIpc) is 2.54. The number of allylic oxidation sites excluding steroid dienone is 1. The maximum atomic E-state index is 12.3. The van der Waals surface area contributed by atoms with E-state index < -0.39 is 0 Å². The average molecular weight is 400 g/mol. The van der Waals surface area contributed by atoms with Crippen molar-refractivity contribution >= 4 is 58.4 Å². The number of unbranched alkanes of at least 4 members (excludes halogenated alkanes) is 1. The summed E-state index contributed by atoms with van der Waals surface area (Å²) in [6, 6.07) is 10.8. The Morgan fingerprint density at radius 3 is 2.29 bits per heavy atom. The van der Waals surface area contributed by atoms with Crippen LogP contribution in [0.15, 0.2) is 47.4 Å². The van der Waals surface area contributed by atoms with Crippen molar-refractivity contribution < 1.29 is 4.79 Å². The predicted molar refractivity (Wildman–Crippen MR) is 107 cm³/mol. The third-order valence-electron chi connectivity index (χ3n) is 3.35. The van der Waals surface area contributed by atoms with Crippen molar-refractivity contribution in [3.63, 3.8) is 0 Å². The molecule has 126 valence electrons. The van der Waals surface area contributed by atoms with Gasteiger partial charge >= 0.3 is 0 Å². The largest absolute Gasteiger partial charge is 0.289 e. The summed E-state index contributed by atoms with van der Waals surface area (Å²) >= 11 is 19.9. The molecule has 0 aromatic heterocycles.